The van der Waals surface area contributed by atoms with E-state index in [1.54, 1.807) is 24.3 Å². The highest BCUT2D eigenvalue weighted by Gasteiger charge is 2.22. The Kier molecular flexibility index (Phi) is 9.49. The number of halogens is 2. The maximum absolute atomic E-state index is 13.2. The van der Waals surface area contributed by atoms with Gasteiger partial charge in [-0.25, -0.2) is 13.1 Å². The number of sulfonamides is 1. The third-order valence-electron chi connectivity index (χ3n) is 6.22. The first kappa shape index (κ1) is 27.8. The first-order valence-electron chi connectivity index (χ1n) is 12.3. The van der Waals surface area contributed by atoms with Gasteiger partial charge in [-0.1, -0.05) is 56.0 Å². The van der Waals surface area contributed by atoms with Crippen LogP contribution < -0.4 is 9.62 Å². The van der Waals surface area contributed by atoms with Crippen molar-refractivity contribution in [2.24, 2.45) is 5.92 Å². The molecule has 1 atom stereocenters. The summed E-state index contributed by atoms with van der Waals surface area (Å²) in [6, 6.07) is 10.5. The Morgan fingerprint density at radius 2 is 1.69 bits per heavy atom. The summed E-state index contributed by atoms with van der Waals surface area (Å²) in [6.45, 7) is 12.3. The molecule has 0 bridgehead atoms. The fourth-order valence-corrected chi connectivity index (χ4v) is 6.06. The van der Waals surface area contributed by atoms with Gasteiger partial charge in [-0.15, -0.1) is 0 Å². The van der Waals surface area contributed by atoms with Crippen LogP contribution in [0.3, 0.4) is 0 Å². The molecule has 6 nitrogen and oxygen atoms in total. The summed E-state index contributed by atoms with van der Waals surface area (Å²) in [5, 5.41) is 6.78. The van der Waals surface area contributed by atoms with Crippen molar-refractivity contribution in [1.82, 2.24) is 14.5 Å². The van der Waals surface area contributed by atoms with E-state index in [-0.39, 0.29) is 10.9 Å². The molecule has 0 radical (unpaired) electrons. The van der Waals surface area contributed by atoms with E-state index < -0.39 is 10.0 Å². The number of benzene rings is 2. The molecule has 35 heavy (non-hydrogen) atoms. The molecule has 3 rings (SSSR count). The second-order valence-corrected chi connectivity index (χ2v) is 11.9. The van der Waals surface area contributed by atoms with Crippen molar-refractivity contribution < 1.29 is 8.42 Å². The summed E-state index contributed by atoms with van der Waals surface area (Å²) >= 11 is 12.8. The van der Waals surface area contributed by atoms with Gasteiger partial charge in [-0.2, -0.15) is 5.10 Å². The van der Waals surface area contributed by atoms with E-state index in [0.29, 0.717) is 22.5 Å². The number of aromatic nitrogens is 2. The fourth-order valence-electron chi connectivity index (χ4n) is 4.24. The molecule has 0 aliphatic rings. The van der Waals surface area contributed by atoms with Gasteiger partial charge in [0, 0.05) is 40.1 Å². The van der Waals surface area contributed by atoms with Crippen molar-refractivity contribution >= 4 is 49.9 Å². The number of nitrogens with one attached hydrogen (secondary N) is 1. The van der Waals surface area contributed by atoms with E-state index in [1.807, 2.05) is 23.7 Å². The summed E-state index contributed by atoms with van der Waals surface area (Å²) in [7, 11) is -3.67. The number of anilines is 1. The molecule has 0 spiro atoms. The average Bonchev–Trinajstić information content (AvgIpc) is 3.14. The summed E-state index contributed by atoms with van der Waals surface area (Å²) in [6.07, 6.45) is 2.88. The van der Waals surface area contributed by atoms with Crippen LogP contribution in [-0.2, 0) is 16.6 Å². The quantitative estimate of drug-likeness (QED) is 0.277. The molecule has 0 amide bonds. The summed E-state index contributed by atoms with van der Waals surface area (Å²) in [5.41, 5.74) is 1.60. The van der Waals surface area contributed by atoms with E-state index >= 15 is 0 Å². The van der Waals surface area contributed by atoms with Crippen LogP contribution >= 0.6 is 23.2 Å². The van der Waals surface area contributed by atoms with Gasteiger partial charge in [0.05, 0.1) is 17.0 Å². The summed E-state index contributed by atoms with van der Waals surface area (Å²) in [5.74, 6) is 1.35. The molecule has 0 saturated carbocycles. The zero-order valence-electron chi connectivity index (χ0n) is 21.2. The molecule has 0 aliphatic heterocycles. The van der Waals surface area contributed by atoms with Crippen LogP contribution in [0, 0.1) is 5.92 Å². The minimum atomic E-state index is -3.67. The molecule has 9 heteroatoms. The van der Waals surface area contributed by atoms with E-state index in [2.05, 4.69) is 37.3 Å². The Morgan fingerprint density at radius 3 is 2.29 bits per heavy atom. The van der Waals surface area contributed by atoms with Crippen LogP contribution in [0.15, 0.2) is 41.3 Å². The van der Waals surface area contributed by atoms with Crippen LogP contribution in [0.1, 0.15) is 59.4 Å². The zero-order chi connectivity index (χ0) is 25.8. The van der Waals surface area contributed by atoms with Crippen molar-refractivity contribution in [3.05, 3.63) is 52.0 Å². The topological polar surface area (TPSA) is 67.2 Å². The Balaban J connectivity index is 1.99. The fraction of sp³-hybridized carbons (Fsp3) is 0.500. The molecule has 2 aromatic carbocycles. The number of fused-ring (bicyclic) bond motifs is 1. The number of hydrogen-bond acceptors (Lipinski definition) is 4. The number of nitrogens with zero attached hydrogens (tertiary/aromatic N) is 3. The van der Waals surface area contributed by atoms with Crippen LogP contribution in [-0.4, -0.2) is 37.3 Å². The second kappa shape index (κ2) is 12.0. The molecule has 0 fully saturated rings. The van der Waals surface area contributed by atoms with Gasteiger partial charge in [0.15, 0.2) is 5.82 Å². The van der Waals surface area contributed by atoms with Gasteiger partial charge in [0.2, 0.25) is 10.0 Å². The minimum Gasteiger partial charge on any atom is -0.355 e. The van der Waals surface area contributed by atoms with Crippen LogP contribution in [0.4, 0.5) is 5.82 Å². The lowest BCUT2D eigenvalue weighted by atomic mass is 10.0. The van der Waals surface area contributed by atoms with Gasteiger partial charge in [0.25, 0.3) is 0 Å². The van der Waals surface area contributed by atoms with Crippen molar-refractivity contribution in [3.8, 4) is 0 Å². The highest BCUT2D eigenvalue weighted by atomic mass is 35.5. The van der Waals surface area contributed by atoms with Crippen molar-refractivity contribution in [2.45, 2.75) is 71.4 Å². The minimum absolute atomic E-state index is 0.137. The Bertz CT molecular complexity index is 1230. The molecule has 1 unspecified atom stereocenters. The Hall–Kier alpha value is -1.80. The maximum atomic E-state index is 13.2. The lowest BCUT2D eigenvalue weighted by Crippen LogP contribution is -2.32. The molecule has 0 saturated heterocycles. The third-order valence-corrected chi connectivity index (χ3v) is 8.52. The van der Waals surface area contributed by atoms with Gasteiger partial charge < -0.3 is 4.90 Å². The third kappa shape index (κ3) is 6.70. The first-order valence-corrected chi connectivity index (χ1v) is 14.5. The van der Waals surface area contributed by atoms with Gasteiger partial charge in [-0.3, -0.25) is 4.68 Å². The first-order chi connectivity index (χ1) is 16.6. The summed E-state index contributed by atoms with van der Waals surface area (Å²) in [4.78, 5) is 2.36. The summed E-state index contributed by atoms with van der Waals surface area (Å²) < 4.78 is 31.1. The lowest BCUT2D eigenvalue weighted by molar-refractivity contribution is 0.488. The molecule has 192 valence electrons. The molecular weight excluding hydrogens is 503 g/mol. The molecule has 1 aromatic heterocycles. The highest BCUT2D eigenvalue weighted by molar-refractivity contribution is 7.89. The largest absolute Gasteiger partial charge is 0.355 e. The predicted octanol–water partition coefficient (Wildman–Crippen LogP) is 6.73. The van der Waals surface area contributed by atoms with Crippen LogP contribution in [0.25, 0.3) is 10.9 Å². The molecule has 1 heterocycles. The number of rotatable bonds is 12. The van der Waals surface area contributed by atoms with Crippen molar-refractivity contribution in [1.29, 1.82) is 0 Å². The zero-order valence-corrected chi connectivity index (χ0v) is 23.5. The SMILES string of the molecule is CCN(CC)c1nn(Cc2c(Cl)cccc2Cl)c2ccc(S(=O)(=O)NC(C)CCCC(C)C)cc12. The van der Waals surface area contributed by atoms with E-state index in [4.69, 9.17) is 28.3 Å². The Labute approximate surface area is 219 Å². The van der Waals surface area contributed by atoms with E-state index in [9.17, 15) is 8.42 Å². The van der Waals surface area contributed by atoms with Crippen LogP contribution in [0.2, 0.25) is 10.0 Å². The van der Waals surface area contributed by atoms with Gasteiger partial charge >= 0.3 is 0 Å². The predicted molar refractivity (Wildman–Crippen MR) is 147 cm³/mol. The molecular formula is C26H36Cl2N4O2S. The maximum Gasteiger partial charge on any atom is 0.240 e. The van der Waals surface area contributed by atoms with E-state index in [0.717, 1.165) is 54.6 Å². The lowest BCUT2D eigenvalue weighted by Gasteiger charge is -2.18. The van der Waals surface area contributed by atoms with Crippen molar-refractivity contribution in [3.63, 3.8) is 0 Å². The molecule has 1 N–H and O–H groups in total. The van der Waals surface area contributed by atoms with Crippen molar-refractivity contribution in [2.75, 3.05) is 18.0 Å². The second-order valence-electron chi connectivity index (χ2n) is 9.38. The van der Waals surface area contributed by atoms with Gasteiger partial charge in [-0.05, 0) is 63.4 Å². The van der Waals surface area contributed by atoms with Crippen LogP contribution in [0.5, 0.6) is 0 Å². The molecule has 0 aliphatic carbocycles. The number of hydrogen-bond donors (Lipinski definition) is 1. The van der Waals surface area contributed by atoms with E-state index in [1.165, 1.54) is 0 Å². The standard InChI is InChI=1S/C26H36Cl2N4O2S/c1-6-31(7-2)26-21-16-20(35(33,34)30-19(5)11-8-10-18(3)4)14-15-25(21)32(29-26)17-22-23(27)12-9-13-24(22)28/h9,12-16,18-19,30H,6-8,10-11,17H2,1-5H3. The smallest absolute Gasteiger partial charge is 0.240 e. The monoisotopic (exact) mass is 538 g/mol. The molecule has 3 aromatic rings. The van der Waals surface area contributed by atoms with Gasteiger partial charge in [0.1, 0.15) is 0 Å². The highest BCUT2D eigenvalue weighted by Crippen LogP contribution is 2.32. The normalized spacial score (nSPS) is 13.0. The Morgan fingerprint density at radius 1 is 1.03 bits per heavy atom. The average molecular weight is 540 g/mol.